The first-order valence-corrected chi connectivity index (χ1v) is 6.21. The summed E-state index contributed by atoms with van der Waals surface area (Å²) < 4.78 is 6.66. The number of hydrogen-bond donors (Lipinski definition) is 1. The van der Waals surface area contributed by atoms with Gasteiger partial charge in [0, 0.05) is 4.47 Å². The van der Waals surface area contributed by atoms with Crippen LogP contribution in [0.3, 0.4) is 0 Å². The third-order valence-electron chi connectivity index (χ3n) is 2.01. The fourth-order valence-corrected chi connectivity index (χ4v) is 1.48. The molecule has 0 saturated carbocycles. The molecule has 0 aliphatic rings. The van der Waals surface area contributed by atoms with Gasteiger partial charge in [-0.1, -0.05) is 22.9 Å². The molecule has 0 aliphatic carbocycles. The Hall–Kier alpha value is -0.540. The van der Waals surface area contributed by atoms with E-state index in [-0.39, 0.29) is 0 Å². The van der Waals surface area contributed by atoms with Gasteiger partial charge in [0.15, 0.2) is 0 Å². The SMILES string of the molecule is CCCNCCCOc1ccc(Br)cc1. The normalized spacial score (nSPS) is 10.3. The van der Waals surface area contributed by atoms with Gasteiger partial charge in [0.25, 0.3) is 0 Å². The van der Waals surface area contributed by atoms with E-state index in [1.54, 1.807) is 0 Å². The van der Waals surface area contributed by atoms with Crippen molar-refractivity contribution in [1.82, 2.24) is 5.32 Å². The lowest BCUT2D eigenvalue weighted by Gasteiger charge is -2.06. The lowest BCUT2D eigenvalue weighted by Crippen LogP contribution is -2.17. The van der Waals surface area contributed by atoms with Gasteiger partial charge in [-0.3, -0.25) is 0 Å². The molecular weight excluding hydrogens is 254 g/mol. The van der Waals surface area contributed by atoms with E-state index in [9.17, 15) is 0 Å². The minimum absolute atomic E-state index is 0.776. The lowest BCUT2D eigenvalue weighted by molar-refractivity contribution is 0.308. The molecule has 0 radical (unpaired) electrons. The molecule has 0 atom stereocenters. The first kappa shape index (κ1) is 12.5. The van der Waals surface area contributed by atoms with E-state index in [1.165, 1.54) is 6.42 Å². The van der Waals surface area contributed by atoms with Crippen molar-refractivity contribution in [3.8, 4) is 5.75 Å². The van der Waals surface area contributed by atoms with Crippen molar-refractivity contribution in [1.29, 1.82) is 0 Å². The molecule has 0 heterocycles. The maximum Gasteiger partial charge on any atom is 0.119 e. The number of nitrogens with one attached hydrogen (secondary N) is 1. The Kier molecular flexibility index (Phi) is 6.44. The summed E-state index contributed by atoms with van der Waals surface area (Å²) in [6.45, 7) is 5.08. The number of benzene rings is 1. The van der Waals surface area contributed by atoms with Gasteiger partial charge in [0.05, 0.1) is 6.61 Å². The molecule has 1 rings (SSSR count). The van der Waals surface area contributed by atoms with Gasteiger partial charge in [-0.05, 0) is 50.2 Å². The Balaban J connectivity index is 2.07. The highest BCUT2D eigenvalue weighted by molar-refractivity contribution is 9.10. The molecule has 0 bridgehead atoms. The molecule has 3 heteroatoms. The first-order valence-electron chi connectivity index (χ1n) is 5.42. The Bertz CT molecular complexity index is 261. The third-order valence-corrected chi connectivity index (χ3v) is 2.54. The minimum atomic E-state index is 0.776. The quantitative estimate of drug-likeness (QED) is 0.769. The predicted molar refractivity (Wildman–Crippen MR) is 67.4 cm³/mol. The summed E-state index contributed by atoms with van der Waals surface area (Å²) in [6, 6.07) is 7.93. The second-order valence-electron chi connectivity index (χ2n) is 3.41. The summed E-state index contributed by atoms with van der Waals surface area (Å²) in [5, 5.41) is 3.34. The highest BCUT2D eigenvalue weighted by Crippen LogP contribution is 2.15. The number of rotatable bonds is 7. The van der Waals surface area contributed by atoms with Crippen LogP contribution in [0.15, 0.2) is 28.7 Å². The maximum absolute atomic E-state index is 5.58. The summed E-state index contributed by atoms with van der Waals surface area (Å²) in [4.78, 5) is 0. The largest absolute Gasteiger partial charge is 0.494 e. The molecule has 15 heavy (non-hydrogen) atoms. The van der Waals surface area contributed by atoms with Crippen molar-refractivity contribution >= 4 is 15.9 Å². The summed E-state index contributed by atoms with van der Waals surface area (Å²) in [7, 11) is 0. The zero-order valence-electron chi connectivity index (χ0n) is 9.13. The molecular formula is C12H18BrNO. The van der Waals surface area contributed by atoms with Crippen molar-refractivity contribution < 1.29 is 4.74 Å². The van der Waals surface area contributed by atoms with E-state index in [2.05, 4.69) is 28.2 Å². The zero-order valence-corrected chi connectivity index (χ0v) is 10.7. The first-order chi connectivity index (χ1) is 7.33. The highest BCUT2D eigenvalue weighted by Gasteiger charge is 1.93. The van der Waals surface area contributed by atoms with Gasteiger partial charge in [0.2, 0.25) is 0 Å². The molecule has 0 aromatic heterocycles. The van der Waals surface area contributed by atoms with Gasteiger partial charge in [-0.25, -0.2) is 0 Å². The van der Waals surface area contributed by atoms with Crippen LogP contribution in [0.25, 0.3) is 0 Å². The van der Waals surface area contributed by atoms with E-state index >= 15 is 0 Å². The van der Waals surface area contributed by atoms with Crippen molar-refractivity contribution in [2.75, 3.05) is 19.7 Å². The van der Waals surface area contributed by atoms with Gasteiger partial charge in [-0.15, -0.1) is 0 Å². The standard InChI is InChI=1S/C12H18BrNO/c1-2-8-14-9-3-10-15-12-6-4-11(13)5-7-12/h4-7,14H,2-3,8-10H2,1H3. The molecule has 0 spiro atoms. The van der Waals surface area contributed by atoms with E-state index in [4.69, 9.17) is 4.74 Å². The maximum atomic E-state index is 5.58. The summed E-state index contributed by atoms with van der Waals surface area (Å²) in [5.74, 6) is 0.939. The van der Waals surface area contributed by atoms with Crippen LogP contribution in [0.1, 0.15) is 19.8 Å². The van der Waals surface area contributed by atoms with E-state index in [0.717, 1.165) is 36.3 Å². The second kappa shape index (κ2) is 7.71. The van der Waals surface area contributed by atoms with Crippen molar-refractivity contribution in [2.24, 2.45) is 0 Å². The minimum Gasteiger partial charge on any atom is -0.494 e. The van der Waals surface area contributed by atoms with Crippen molar-refractivity contribution in [3.63, 3.8) is 0 Å². The topological polar surface area (TPSA) is 21.3 Å². The molecule has 2 nitrogen and oxygen atoms in total. The van der Waals surface area contributed by atoms with E-state index in [0.29, 0.717) is 0 Å². The zero-order chi connectivity index (χ0) is 10.9. The summed E-state index contributed by atoms with van der Waals surface area (Å²) in [6.07, 6.45) is 2.24. The van der Waals surface area contributed by atoms with Crippen molar-refractivity contribution in [2.45, 2.75) is 19.8 Å². The van der Waals surface area contributed by atoms with Crippen LogP contribution in [-0.4, -0.2) is 19.7 Å². The highest BCUT2D eigenvalue weighted by atomic mass is 79.9. The van der Waals surface area contributed by atoms with Gasteiger partial charge in [0.1, 0.15) is 5.75 Å². The summed E-state index contributed by atoms with van der Waals surface area (Å²) >= 11 is 3.39. The fourth-order valence-electron chi connectivity index (χ4n) is 1.22. The van der Waals surface area contributed by atoms with Crippen molar-refractivity contribution in [3.05, 3.63) is 28.7 Å². The van der Waals surface area contributed by atoms with Crippen LogP contribution in [-0.2, 0) is 0 Å². The molecule has 1 aromatic carbocycles. The second-order valence-corrected chi connectivity index (χ2v) is 4.32. The van der Waals surface area contributed by atoms with Crippen LogP contribution < -0.4 is 10.1 Å². The predicted octanol–water partition coefficient (Wildman–Crippen LogP) is 3.22. The molecule has 0 aliphatic heterocycles. The number of ether oxygens (including phenoxy) is 1. The molecule has 0 fully saturated rings. The van der Waals surface area contributed by atoms with Crippen LogP contribution >= 0.6 is 15.9 Å². The molecule has 0 unspecified atom stereocenters. The Morgan fingerprint density at radius 2 is 1.93 bits per heavy atom. The Morgan fingerprint density at radius 1 is 1.20 bits per heavy atom. The van der Waals surface area contributed by atoms with Crippen LogP contribution in [0.4, 0.5) is 0 Å². The fraction of sp³-hybridized carbons (Fsp3) is 0.500. The lowest BCUT2D eigenvalue weighted by atomic mass is 10.3. The third kappa shape index (κ3) is 5.80. The smallest absolute Gasteiger partial charge is 0.119 e. The van der Waals surface area contributed by atoms with Crippen LogP contribution in [0, 0.1) is 0 Å². The molecule has 1 aromatic rings. The van der Waals surface area contributed by atoms with Crippen LogP contribution in [0.5, 0.6) is 5.75 Å². The van der Waals surface area contributed by atoms with E-state index in [1.807, 2.05) is 24.3 Å². The van der Waals surface area contributed by atoms with Gasteiger partial charge < -0.3 is 10.1 Å². The van der Waals surface area contributed by atoms with Gasteiger partial charge >= 0.3 is 0 Å². The molecule has 84 valence electrons. The van der Waals surface area contributed by atoms with E-state index < -0.39 is 0 Å². The average molecular weight is 272 g/mol. The Labute approximate surface area is 100 Å². The van der Waals surface area contributed by atoms with Gasteiger partial charge in [-0.2, -0.15) is 0 Å². The van der Waals surface area contributed by atoms with Crippen LogP contribution in [0.2, 0.25) is 0 Å². The molecule has 0 amide bonds. The molecule has 0 saturated heterocycles. The molecule has 1 N–H and O–H groups in total. The monoisotopic (exact) mass is 271 g/mol. The number of halogens is 1. The average Bonchev–Trinajstić information content (AvgIpc) is 2.26. The summed E-state index contributed by atoms with van der Waals surface area (Å²) in [5.41, 5.74) is 0. The Morgan fingerprint density at radius 3 is 2.60 bits per heavy atom. The number of hydrogen-bond acceptors (Lipinski definition) is 2.